The van der Waals surface area contributed by atoms with Crippen molar-refractivity contribution in [1.82, 2.24) is 20.1 Å². The summed E-state index contributed by atoms with van der Waals surface area (Å²) in [6.45, 7) is 9.99. The number of nitrogens with one attached hydrogen (secondary N) is 1. The van der Waals surface area contributed by atoms with E-state index in [9.17, 15) is 0 Å². The van der Waals surface area contributed by atoms with Crippen LogP contribution in [0.3, 0.4) is 0 Å². The lowest BCUT2D eigenvalue weighted by Crippen LogP contribution is -2.14. The minimum absolute atomic E-state index is 0.0123. The summed E-state index contributed by atoms with van der Waals surface area (Å²) in [7, 11) is 0. The van der Waals surface area contributed by atoms with Gasteiger partial charge in [-0.25, -0.2) is 9.97 Å². The van der Waals surface area contributed by atoms with Crippen LogP contribution in [0.5, 0.6) is 0 Å². The van der Waals surface area contributed by atoms with E-state index in [2.05, 4.69) is 46.2 Å². The Balaban J connectivity index is 2.23. The second-order valence-electron chi connectivity index (χ2n) is 5.18. The summed E-state index contributed by atoms with van der Waals surface area (Å²) >= 11 is 0. The standard InChI is InChI=1S/C14H21N5O/c1-6-11(14-16-10(5)20-19-14)17-12-7-9(4)15-13(18-12)8(2)3/h7-8,11H,6H2,1-5H3,(H,15,17,18). The number of nitrogens with zero attached hydrogens (tertiary/aromatic N) is 4. The minimum atomic E-state index is -0.0123. The van der Waals surface area contributed by atoms with Gasteiger partial charge in [-0.05, 0) is 13.3 Å². The van der Waals surface area contributed by atoms with Crippen molar-refractivity contribution in [3.63, 3.8) is 0 Å². The van der Waals surface area contributed by atoms with E-state index < -0.39 is 0 Å². The van der Waals surface area contributed by atoms with Gasteiger partial charge in [0.1, 0.15) is 11.6 Å². The van der Waals surface area contributed by atoms with Crippen molar-refractivity contribution in [2.45, 2.75) is 53.0 Å². The number of hydrogen-bond acceptors (Lipinski definition) is 6. The molecule has 0 aromatic carbocycles. The van der Waals surface area contributed by atoms with Crippen molar-refractivity contribution in [2.75, 3.05) is 5.32 Å². The summed E-state index contributed by atoms with van der Waals surface area (Å²) in [5.74, 6) is 3.17. The van der Waals surface area contributed by atoms with E-state index in [1.165, 1.54) is 0 Å². The zero-order valence-electron chi connectivity index (χ0n) is 12.6. The normalized spacial score (nSPS) is 12.7. The van der Waals surface area contributed by atoms with Gasteiger partial charge in [0.25, 0.3) is 0 Å². The van der Waals surface area contributed by atoms with Crippen LogP contribution in [0.2, 0.25) is 0 Å². The van der Waals surface area contributed by atoms with Gasteiger partial charge in [-0.2, -0.15) is 4.98 Å². The summed E-state index contributed by atoms with van der Waals surface area (Å²) in [5.41, 5.74) is 0.949. The first-order valence-electron chi connectivity index (χ1n) is 6.92. The fourth-order valence-corrected chi connectivity index (χ4v) is 1.91. The number of aromatic nitrogens is 4. The quantitative estimate of drug-likeness (QED) is 0.903. The first-order valence-corrected chi connectivity index (χ1v) is 6.92. The Morgan fingerprint density at radius 1 is 1.15 bits per heavy atom. The smallest absolute Gasteiger partial charge is 0.223 e. The molecule has 1 atom stereocenters. The molecule has 0 aliphatic heterocycles. The first kappa shape index (κ1) is 14.4. The highest BCUT2D eigenvalue weighted by Gasteiger charge is 2.17. The summed E-state index contributed by atoms with van der Waals surface area (Å²) < 4.78 is 5.04. The van der Waals surface area contributed by atoms with Gasteiger partial charge in [0.15, 0.2) is 5.82 Å². The van der Waals surface area contributed by atoms with E-state index >= 15 is 0 Å². The highest BCUT2D eigenvalue weighted by atomic mass is 16.5. The molecule has 6 heteroatoms. The van der Waals surface area contributed by atoms with Crippen LogP contribution in [0.15, 0.2) is 10.6 Å². The number of rotatable bonds is 5. The van der Waals surface area contributed by atoms with Crippen molar-refractivity contribution < 1.29 is 4.52 Å². The number of hydrogen-bond donors (Lipinski definition) is 1. The van der Waals surface area contributed by atoms with E-state index in [1.54, 1.807) is 6.92 Å². The lowest BCUT2D eigenvalue weighted by molar-refractivity contribution is 0.384. The maximum atomic E-state index is 5.04. The molecule has 20 heavy (non-hydrogen) atoms. The Kier molecular flexibility index (Phi) is 4.32. The largest absolute Gasteiger partial charge is 0.360 e. The Hall–Kier alpha value is -1.98. The molecular formula is C14H21N5O. The van der Waals surface area contributed by atoms with Crippen molar-refractivity contribution in [3.8, 4) is 0 Å². The maximum Gasteiger partial charge on any atom is 0.223 e. The number of aryl methyl sites for hydroxylation is 2. The van der Waals surface area contributed by atoms with Crippen LogP contribution in [-0.4, -0.2) is 20.1 Å². The van der Waals surface area contributed by atoms with Gasteiger partial charge in [-0.3, -0.25) is 0 Å². The molecule has 0 radical (unpaired) electrons. The van der Waals surface area contributed by atoms with Gasteiger partial charge in [0.2, 0.25) is 5.89 Å². The van der Waals surface area contributed by atoms with Gasteiger partial charge in [-0.15, -0.1) is 0 Å². The molecule has 6 nitrogen and oxygen atoms in total. The van der Waals surface area contributed by atoms with Gasteiger partial charge in [0, 0.05) is 24.6 Å². The van der Waals surface area contributed by atoms with E-state index in [1.807, 2.05) is 13.0 Å². The monoisotopic (exact) mass is 275 g/mol. The minimum Gasteiger partial charge on any atom is -0.360 e. The Labute approximate surface area is 119 Å². The lowest BCUT2D eigenvalue weighted by atomic mass is 10.2. The first-order chi connectivity index (χ1) is 9.49. The van der Waals surface area contributed by atoms with Crippen LogP contribution in [0.4, 0.5) is 5.82 Å². The average molecular weight is 275 g/mol. The van der Waals surface area contributed by atoms with Gasteiger partial charge < -0.3 is 9.84 Å². The van der Waals surface area contributed by atoms with Gasteiger partial charge >= 0.3 is 0 Å². The molecule has 2 aromatic rings. The second kappa shape index (κ2) is 5.98. The predicted molar refractivity (Wildman–Crippen MR) is 76.5 cm³/mol. The van der Waals surface area contributed by atoms with Gasteiger partial charge in [-0.1, -0.05) is 25.9 Å². The Morgan fingerprint density at radius 3 is 2.45 bits per heavy atom. The summed E-state index contributed by atoms with van der Waals surface area (Å²) in [6, 6.07) is 1.92. The third kappa shape index (κ3) is 3.31. The summed E-state index contributed by atoms with van der Waals surface area (Å²) in [5, 5.41) is 7.33. The Morgan fingerprint density at radius 2 is 1.90 bits per heavy atom. The molecule has 0 bridgehead atoms. The molecule has 0 saturated carbocycles. The summed E-state index contributed by atoms with van der Waals surface area (Å²) in [4.78, 5) is 13.3. The highest BCUT2D eigenvalue weighted by Crippen LogP contribution is 2.21. The average Bonchev–Trinajstić information content (AvgIpc) is 2.81. The van der Waals surface area contributed by atoms with Crippen LogP contribution in [0.1, 0.15) is 62.4 Å². The van der Waals surface area contributed by atoms with Crippen LogP contribution < -0.4 is 5.32 Å². The lowest BCUT2D eigenvalue weighted by Gasteiger charge is -2.15. The fourth-order valence-electron chi connectivity index (χ4n) is 1.91. The Bertz CT molecular complexity index is 579. The molecular weight excluding hydrogens is 254 g/mol. The van der Waals surface area contributed by atoms with E-state index in [4.69, 9.17) is 4.52 Å². The molecule has 0 saturated heterocycles. The van der Waals surface area contributed by atoms with Crippen LogP contribution in [0, 0.1) is 13.8 Å². The molecule has 2 heterocycles. The molecule has 0 fully saturated rings. The topological polar surface area (TPSA) is 76.7 Å². The van der Waals surface area contributed by atoms with Gasteiger partial charge in [0.05, 0.1) is 6.04 Å². The zero-order valence-corrected chi connectivity index (χ0v) is 12.6. The molecule has 108 valence electrons. The summed E-state index contributed by atoms with van der Waals surface area (Å²) in [6.07, 6.45) is 0.846. The molecule has 0 spiro atoms. The molecule has 0 amide bonds. The van der Waals surface area contributed by atoms with Crippen LogP contribution >= 0.6 is 0 Å². The zero-order chi connectivity index (χ0) is 14.7. The molecule has 1 unspecified atom stereocenters. The van der Waals surface area contributed by atoms with Crippen LogP contribution in [-0.2, 0) is 0 Å². The van der Waals surface area contributed by atoms with E-state index in [0.29, 0.717) is 17.6 Å². The predicted octanol–water partition coefficient (Wildman–Crippen LogP) is 3.16. The van der Waals surface area contributed by atoms with E-state index in [0.717, 1.165) is 23.8 Å². The molecule has 0 aliphatic carbocycles. The number of anilines is 1. The van der Waals surface area contributed by atoms with Crippen molar-refractivity contribution >= 4 is 5.82 Å². The molecule has 0 aliphatic rings. The van der Waals surface area contributed by atoms with E-state index in [-0.39, 0.29) is 6.04 Å². The highest BCUT2D eigenvalue weighted by molar-refractivity contribution is 5.38. The maximum absolute atomic E-state index is 5.04. The third-order valence-electron chi connectivity index (χ3n) is 2.97. The molecule has 2 aromatic heterocycles. The van der Waals surface area contributed by atoms with Crippen molar-refractivity contribution in [3.05, 3.63) is 29.3 Å². The van der Waals surface area contributed by atoms with Crippen LogP contribution in [0.25, 0.3) is 0 Å². The fraction of sp³-hybridized carbons (Fsp3) is 0.571. The second-order valence-corrected chi connectivity index (χ2v) is 5.18. The third-order valence-corrected chi connectivity index (χ3v) is 2.97. The van der Waals surface area contributed by atoms with Crippen molar-refractivity contribution in [1.29, 1.82) is 0 Å². The molecule has 1 N–H and O–H groups in total. The van der Waals surface area contributed by atoms with Crippen molar-refractivity contribution in [2.24, 2.45) is 0 Å². The SMILES string of the molecule is CCC(Nc1cc(C)nc(C(C)C)n1)c1noc(C)n1. The molecule has 2 rings (SSSR count).